The van der Waals surface area contributed by atoms with Crippen molar-refractivity contribution in [1.82, 2.24) is 28.8 Å². The molecule has 1 fully saturated rings. The van der Waals surface area contributed by atoms with Gasteiger partial charge in [-0.3, -0.25) is 9.48 Å². The summed E-state index contributed by atoms with van der Waals surface area (Å²) in [4.78, 5) is 25.1. The van der Waals surface area contributed by atoms with Crippen molar-refractivity contribution in [2.45, 2.75) is 31.2 Å². The van der Waals surface area contributed by atoms with E-state index >= 15 is 0 Å². The van der Waals surface area contributed by atoms with Gasteiger partial charge in [0.2, 0.25) is 15.9 Å². The lowest BCUT2D eigenvalue weighted by molar-refractivity contribution is -0.389. The number of aryl methyl sites for hydroxylation is 2. The second-order valence-corrected chi connectivity index (χ2v) is 8.79. The summed E-state index contributed by atoms with van der Waals surface area (Å²) in [6, 6.07) is 0.652. The minimum atomic E-state index is -3.66. The highest BCUT2D eigenvalue weighted by Gasteiger charge is 2.35. The molecule has 0 N–H and O–H groups in total. The number of carbonyl (C=O) groups is 1. The first-order valence-corrected chi connectivity index (χ1v) is 10.6. The lowest BCUT2D eigenvalue weighted by atomic mass is 10.1. The zero-order valence-corrected chi connectivity index (χ0v) is 17.2. The van der Waals surface area contributed by atoms with Crippen LogP contribution in [0.3, 0.4) is 0 Å². The minimum absolute atomic E-state index is 0.116. The number of hydrogen-bond acceptors (Lipinski definition) is 7. The van der Waals surface area contributed by atoms with Crippen molar-refractivity contribution in [1.29, 1.82) is 0 Å². The average Bonchev–Trinajstić information content (AvgIpc) is 3.29. The van der Waals surface area contributed by atoms with Crippen LogP contribution in [0.25, 0.3) is 0 Å². The van der Waals surface area contributed by atoms with Crippen LogP contribution in [0.5, 0.6) is 0 Å². The number of nitrogens with zero attached hydrogens (tertiary/aromatic N) is 7. The third-order valence-electron chi connectivity index (χ3n) is 4.93. The van der Waals surface area contributed by atoms with Crippen molar-refractivity contribution in [3.8, 4) is 0 Å². The van der Waals surface area contributed by atoms with Gasteiger partial charge in [-0.05, 0) is 18.3 Å². The van der Waals surface area contributed by atoms with E-state index in [1.165, 1.54) is 32.1 Å². The summed E-state index contributed by atoms with van der Waals surface area (Å²) in [6.45, 7) is 4.26. The van der Waals surface area contributed by atoms with Crippen LogP contribution in [0, 0.1) is 17.0 Å². The molecule has 1 saturated heterocycles. The summed E-state index contributed by atoms with van der Waals surface area (Å²) in [5, 5.41) is 18.8. The number of nitro groups is 1. The Kier molecular flexibility index (Phi) is 5.71. The number of rotatable bonds is 6. The molecule has 0 bridgehead atoms. The number of aromatic nitrogens is 4. The van der Waals surface area contributed by atoms with Crippen LogP contribution in [0.15, 0.2) is 23.4 Å². The molecule has 29 heavy (non-hydrogen) atoms. The van der Waals surface area contributed by atoms with Crippen LogP contribution in [0.1, 0.15) is 25.1 Å². The summed E-state index contributed by atoms with van der Waals surface area (Å²) in [7, 11) is -2.02. The predicted molar refractivity (Wildman–Crippen MR) is 101 cm³/mol. The fourth-order valence-electron chi connectivity index (χ4n) is 3.37. The van der Waals surface area contributed by atoms with E-state index in [2.05, 4.69) is 10.2 Å². The van der Waals surface area contributed by atoms with Crippen LogP contribution in [-0.4, -0.2) is 74.2 Å². The standard InChI is InChI=1S/C16H23N7O5S/c1-4-14(22-12(2)9-15(18-22)23(25)26)16(24)20-5-7-21(8-6-20)29(27,28)13-10-17-19(3)11-13/h9-11,14H,4-8H2,1-3H3. The lowest BCUT2D eigenvalue weighted by Gasteiger charge is -2.35. The first kappa shape index (κ1) is 20.9. The van der Waals surface area contributed by atoms with Crippen molar-refractivity contribution in [3.63, 3.8) is 0 Å². The van der Waals surface area contributed by atoms with Gasteiger partial charge >= 0.3 is 5.82 Å². The third kappa shape index (κ3) is 4.00. The van der Waals surface area contributed by atoms with Gasteiger partial charge in [0.1, 0.15) is 4.90 Å². The van der Waals surface area contributed by atoms with Gasteiger partial charge in [-0.25, -0.2) is 8.42 Å². The zero-order chi connectivity index (χ0) is 21.3. The van der Waals surface area contributed by atoms with E-state index in [0.29, 0.717) is 12.1 Å². The molecule has 3 heterocycles. The molecule has 12 nitrogen and oxygen atoms in total. The van der Waals surface area contributed by atoms with Crippen molar-refractivity contribution < 1.29 is 18.1 Å². The molecule has 0 radical (unpaired) electrons. The van der Waals surface area contributed by atoms with Gasteiger partial charge in [-0.15, -0.1) is 0 Å². The highest BCUT2D eigenvalue weighted by Crippen LogP contribution is 2.23. The summed E-state index contributed by atoms with van der Waals surface area (Å²) < 4.78 is 29.5. The van der Waals surface area contributed by atoms with Crippen LogP contribution >= 0.6 is 0 Å². The first-order chi connectivity index (χ1) is 13.6. The molecular weight excluding hydrogens is 402 g/mol. The van der Waals surface area contributed by atoms with Crippen LogP contribution in [0.4, 0.5) is 5.82 Å². The molecule has 158 valence electrons. The number of sulfonamides is 1. The topological polar surface area (TPSA) is 136 Å². The second kappa shape index (κ2) is 7.91. The quantitative estimate of drug-likeness (QED) is 0.480. The molecule has 0 spiro atoms. The van der Waals surface area contributed by atoms with Crippen molar-refractivity contribution in [2.75, 3.05) is 26.2 Å². The van der Waals surface area contributed by atoms with Gasteiger partial charge in [0.25, 0.3) is 0 Å². The molecule has 0 saturated carbocycles. The molecule has 13 heteroatoms. The highest BCUT2D eigenvalue weighted by molar-refractivity contribution is 7.89. The molecule has 0 aliphatic carbocycles. The summed E-state index contributed by atoms with van der Waals surface area (Å²) >= 11 is 0. The monoisotopic (exact) mass is 425 g/mol. The number of piperazine rings is 1. The summed E-state index contributed by atoms with van der Waals surface area (Å²) in [6.07, 6.45) is 3.15. The average molecular weight is 425 g/mol. The Labute approximate surface area is 167 Å². The van der Waals surface area contributed by atoms with E-state index in [1.54, 1.807) is 25.8 Å². The van der Waals surface area contributed by atoms with E-state index in [4.69, 9.17) is 0 Å². The van der Waals surface area contributed by atoms with Gasteiger partial charge in [-0.1, -0.05) is 6.92 Å². The Morgan fingerprint density at radius 1 is 1.31 bits per heavy atom. The Balaban J connectivity index is 1.71. The van der Waals surface area contributed by atoms with E-state index in [9.17, 15) is 23.3 Å². The lowest BCUT2D eigenvalue weighted by Crippen LogP contribution is -2.52. The predicted octanol–water partition coefficient (Wildman–Crippen LogP) is 0.317. The van der Waals surface area contributed by atoms with Crippen molar-refractivity contribution in [2.24, 2.45) is 7.05 Å². The molecule has 2 aromatic rings. The van der Waals surface area contributed by atoms with Gasteiger partial charge < -0.3 is 15.0 Å². The first-order valence-electron chi connectivity index (χ1n) is 9.13. The van der Waals surface area contributed by atoms with Crippen LogP contribution in [-0.2, 0) is 21.9 Å². The Bertz CT molecular complexity index is 1020. The van der Waals surface area contributed by atoms with Gasteiger partial charge in [0.05, 0.1) is 23.1 Å². The zero-order valence-electron chi connectivity index (χ0n) is 16.4. The summed E-state index contributed by atoms with van der Waals surface area (Å²) in [5.74, 6) is -0.534. The van der Waals surface area contributed by atoms with Crippen molar-refractivity contribution in [3.05, 3.63) is 34.3 Å². The largest absolute Gasteiger partial charge is 0.390 e. The smallest absolute Gasteiger partial charge is 0.358 e. The molecule has 1 aliphatic rings. The maximum absolute atomic E-state index is 13.0. The number of carbonyl (C=O) groups excluding carboxylic acids is 1. The van der Waals surface area contributed by atoms with Crippen LogP contribution in [0.2, 0.25) is 0 Å². The van der Waals surface area contributed by atoms with E-state index in [-0.39, 0.29) is 42.8 Å². The number of hydrogen-bond donors (Lipinski definition) is 0. The maximum Gasteiger partial charge on any atom is 0.390 e. The minimum Gasteiger partial charge on any atom is -0.358 e. The molecule has 1 amide bonds. The molecule has 1 aliphatic heterocycles. The Morgan fingerprint density at radius 3 is 2.45 bits per heavy atom. The third-order valence-corrected chi connectivity index (χ3v) is 6.78. The van der Waals surface area contributed by atoms with E-state index in [1.807, 2.05) is 0 Å². The van der Waals surface area contributed by atoms with Crippen molar-refractivity contribution >= 4 is 21.7 Å². The maximum atomic E-state index is 13.0. The fourth-order valence-corrected chi connectivity index (χ4v) is 4.78. The molecule has 1 atom stereocenters. The highest BCUT2D eigenvalue weighted by atomic mass is 32.2. The van der Waals surface area contributed by atoms with E-state index < -0.39 is 21.0 Å². The normalized spacial score (nSPS) is 16.7. The van der Waals surface area contributed by atoms with E-state index in [0.717, 1.165) is 0 Å². The van der Waals surface area contributed by atoms with Gasteiger partial charge in [-0.2, -0.15) is 14.1 Å². The SMILES string of the molecule is CCC(C(=O)N1CCN(S(=O)(=O)c2cnn(C)c2)CC1)n1nc([N+](=O)[O-])cc1C. The van der Waals surface area contributed by atoms with Gasteiger partial charge in [0.15, 0.2) is 6.04 Å². The van der Waals surface area contributed by atoms with Crippen LogP contribution < -0.4 is 0 Å². The van der Waals surface area contributed by atoms with Gasteiger partial charge in [0, 0.05) is 39.4 Å². The fraction of sp³-hybridized carbons (Fsp3) is 0.562. The molecule has 3 rings (SSSR count). The Hall–Kier alpha value is -2.80. The molecular formula is C16H23N7O5S. The molecule has 1 unspecified atom stereocenters. The molecule has 2 aromatic heterocycles. The second-order valence-electron chi connectivity index (χ2n) is 6.85. The number of amides is 1. The Morgan fingerprint density at radius 2 is 1.97 bits per heavy atom. The molecule has 0 aromatic carbocycles. The summed E-state index contributed by atoms with van der Waals surface area (Å²) in [5.41, 5.74) is 0.523.